The van der Waals surface area contributed by atoms with Crippen LogP contribution < -0.4 is 0 Å². The topological polar surface area (TPSA) is 72.8 Å². The molecule has 0 aromatic heterocycles. The highest BCUT2D eigenvalue weighted by Gasteiger charge is 2.49. The summed E-state index contributed by atoms with van der Waals surface area (Å²) in [6.07, 6.45) is 1.48. The van der Waals surface area contributed by atoms with Crippen molar-refractivity contribution in [3.8, 4) is 0 Å². The number of hydrogen-bond donors (Lipinski definition) is 1. The van der Waals surface area contributed by atoms with Gasteiger partial charge < -0.3 is 14.6 Å². The molecule has 0 aliphatic carbocycles. The third-order valence-electron chi connectivity index (χ3n) is 2.91. The Labute approximate surface area is 110 Å². The zero-order chi connectivity index (χ0) is 13.9. The first-order chi connectivity index (χ1) is 9.06. The number of cyclic esters (lactones) is 1. The third kappa shape index (κ3) is 2.66. The second-order valence-corrected chi connectivity index (χ2v) is 4.19. The maximum absolute atomic E-state index is 12.0. The minimum atomic E-state index is -2.28. The predicted molar refractivity (Wildman–Crippen MR) is 65.9 cm³/mol. The van der Waals surface area contributed by atoms with E-state index in [-0.39, 0.29) is 12.2 Å². The predicted octanol–water partition coefficient (Wildman–Crippen LogP) is 0.964. The Hall–Kier alpha value is -2.14. The fourth-order valence-electron chi connectivity index (χ4n) is 1.89. The summed E-state index contributed by atoms with van der Waals surface area (Å²) in [5.41, 5.74) is 0.965. The molecule has 0 radical (unpaired) electrons. The van der Waals surface area contributed by atoms with Crippen molar-refractivity contribution in [2.45, 2.75) is 18.6 Å². The molecule has 19 heavy (non-hydrogen) atoms. The van der Waals surface area contributed by atoms with Gasteiger partial charge in [0.2, 0.25) is 5.78 Å². The molecule has 0 fully saturated rings. The van der Waals surface area contributed by atoms with Gasteiger partial charge in [0.05, 0.1) is 13.2 Å². The van der Waals surface area contributed by atoms with Gasteiger partial charge >= 0.3 is 11.8 Å². The van der Waals surface area contributed by atoms with Crippen molar-refractivity contribution in [1.82, 2.24) is 0 Å². The Kier molecular flexibility index (Phi) is 3.66. The van der Waals surface area contributed by atoms with Crippen LogP contribution in [0.5, 0.6) is 0 Å². The summed E-state index contributed by atoms with van der Waals surface area (Å²) in [5.74, 6) is -3.83. The smallest absolute Gasteiger partial charge is 0.337 e. The molecule has 1 atom stereocenters. The maximum Gasteiger partial charge on any atom is 0.337 e. The molecule has 2 rings (SSSR count). The quantitative estimate of drug-likeness (QED) is 0.800. The highest BCUT2D eigenvalue weighted by atomic mass is 16.7. The molecule has 0 saturated heterocycles. The van der Waals surface area contributed by atoms with Gasteiger partial charge in [-0.05, 0) is 12.0 Å². The lowest BCUT2D eigenvalue weighted by Gasteiger charge is -2.22. The Morgan fingerprint density at radius 2 is 2.05 bits per heavy atom. The summed E-state index contributed by atoms with van der Waals surface area (Å²) >= 11 is 0. The summed E-state index contributed by atoms with van der Waals surface area (Å²) in [5, 5.41) is 10.1. The second kappa shape index (κ2) is 5.24. The molecule has 1 aliphatic rings. The molecule has 100 valence electrons. The number of Topliss-reactive ketones (excluding diaryl/α,β-unsaturated/α-hetero) is 1. The van der Waals surface area contributed by atoms with Crippen molar-refractivity contribution in [1.29, 1.82) is 0 Å². The van der Waals surface area contributed by atoms with Crippen molar-refractivity contribution in [2.75, 3.05) is 7.11 Å². The third-order valence-corrected chi connectivity index (χ3v) is 2.91. The van der Waals surface area contributed by atoms with Crippen molar-refractivity contribution >= 4 is 11.8 Å². The van der Waals surface area contributed by atoms with Crippen molar-refractivity contribution in [3.05, 3.63) is 47.7 Å². The molecule has 0 bridgehead atoms. The van der Waals surface area contributed by atoms with Gasteiger partial charge in [-0.3, -0.25) is 4.79 Å². The van der Waals surface area contributed by atoms with Crippen molar-refractivity contribution in [3.63, 3.8) is 0 Å². The molecule has 1 aromatic rings. The SMILES string of the molecule is COC1=CC(=O)OC1(O)C(=O)CCc1ccccc1. The van der Waals surface area contributed by atoms with E-state index in [1.165, 1.54) is 7.11 Å². The molecule has 0 amide bonds. The van der Waals surface area contributed by atoms with E-state index in [0.29, 0.717) is 6.42 Å². The van der Waals surface area contributed by atoms with E-state index >= 15 is 0 Å². The molecule has 0 spiro atoms. The molecular formula is C14H14O5. The Morgan fingerprint density at radius 3 is 2.68 bits per heavy atom. The zero-order valence-electron chi connectivity index (χ0n) is 10.5. The Balaban J connectivity index is 2.04. The first-order valence-corrected chi connectivity index (χ1v) is 5.85. The molecule has 1 heterocycles. The van der Waals surface area contributed by atoms with E-state index in [1.54, 1.807) is 0 Å². The van der Waals surface area contributed by atoms with Crippen molar-refractivity contribution in [2.24, 2.45) is 0 Å². The van der Waals surface area contributed by atoms with Crippen LogP contribution >= 0.6 is 0 Å². The lowest BCUT2D eigenvalue weighted by atomic mass is 10.0. The van der Waals surface area contributed by atoms with Crippen molar-refractivity contribution < 1.29 is 24.2 Å². The molecule has 1 unspecified atom stereocenters. The number of aliphatic hydroxyl groups is 1. The highest BCUT2D eigenvalue weighted by Crippen LogP contribution is 2.28. The number of esters is 1. The van der Waals surface area contributed by atoms with E-state index in [4.69, 9.17) is 4.74 Å². The van der Waals surface area contributed by atoms with Crippen LogP contribution in [0.15, 0.2) is 42.2 Å². The van der Waals surface area contributed by atoms with Crippen LogP contribution in [0.1, 0.15) is 12.0 Å². The number of carbonyl (C=O) groups is 2. The van der Waals surface area contributed by atoms with Crippen LogP contribution in [0.3, 0.4) is 0 Å². The summed E-state index contributed by atoms with van der Waals surface area (Å²) in [6.45, 7) is 0. The summed E-state index contributed by atoms with van der Waals surface area (Å²) in [7, 11) is 1.27. The van der Waals surface area contributed by atoms with Gasteiger partial charge in [0.1, 0.15) is 0 Å². The van der Waals surface area contributed by atoms with Gasteiger partial charge in [-0.2, -0.15) is 0 Å². The molecular weight excluding hydrogens is 248 g/mol. The van der Waals surface area contributed by atoms with Gasteiger partial charge in [-0.1, -0.05) is 30.3 Å². The van der Waals surface area contributed by atoms with Gasteiger partial charge in [0.25, 0.3) is 0 Å². The maximum atomic E-state index is 12.0. The lowest BCUT2D eigenvalue weighted by molar-refractivity contribution is -0.195. The van der Waals surface area contributed by atoms with Crippen LogP contribution in [0, 0.1) is 0 Å². The number of ketones is 1. The molecule has 1 aliphatic heterocycles. The van der Waals surface area contributed by atoms with Crippen LogP contribution in [0.25, 0.3) is 0 Å². The normalized spacial score (nSPS) is 21.8. The first-order valence-electron chi connectivity index (χ1n) is 5.85. The fourth-order valence-corrected chi connectivity index (χ4v) is 1.89. The van der Waals surface area contributed by atoms with Gasteiger partial charge in [0, 0.05) is 6.42 Å². The molecule has 0 saturated carbocycles. The van der Waals surface area contributed by atoms with Gasteiger partial charge in [-0.25, -0.2) is 4.79 Å². The van der Waals surface area contributed by atoms with Crippen LogP contribution in [0.2, 0.25) is 0 Å². The first kappa shape index (κ1) is 13.3. The number of carbonyl (C=O) groups excluding carboxylic acids is 2. The number of hydrogen-bond acceptors (Lipinski definition) is 5. The number of rotatable bonds is 5. The minimum Gasteiger partial charge on any atom is -0.494 e. The van der Waals surface area contributed by atoms with Crippen LogP contribution in [-0.4, -0.2) is 29.8 Å². The van der Waals surface area contributed by atoms with E-state index < -0.39 is 17.5 Å². The molecule has 1 N–H and O–H groups in total. The number of ether oxygens (including phenoxy) is 2. The minimum absolute atomic E-state index is 0.0501. The lowest BCUT2D eigenvalue weighted by Crippen LogP contribution is -2.42. The largest absolute Gasteiger partial charge is 0.494 e. The second-order valence-electron chi connectivity index (χ2n) is 4.19. The van der Waals surface area contributed by atoms with Gasteiger partial charge in [0.15, 0.2) is 5.76 Å². The Morgan fingerprint density at radius 1 is 1.37 bits per heavy atom. The van der Waals surface area contributed by atoms with E-state index in [9.17, 15) is 14.7 Å². The molecule has 5 heteroatoms. The number of methoxy groups -OCH3 is 1. The molecule has 1 aromatic carbocycles. The number of aryl methyl sites for hydroxylation is 1. The van der Waals surface area contributed by atoms with E-state index in [0.717, 1.165) is 11.6 Å². The zero-order valence-corrected chi connectivity index (χ0v) is 10.5. The average Bonchev–Trinajstić information content (AvgIpc) is 2.73. The summed E-state index contributed by atoms with van der Waals surface area (Å²) < 4.78 is 9.47. The van der Waals surface area contributed by atoms with Gasteiger partial charge in [-0.15, -0.1) is 0 Å². The summed E-state index contributed by atoms with van der Waals surface area (Å²) in [4.78, 5) is 23.1. The monoisotopic (exact) mass is 262 g/mol. The van der Waals surface area contributed by atoms with E-state index in [2.05, 4.69) is 4.74 Å². The fraction of sp³-hybridized carbons (Fsp3) is 0.286. The van der Waals surface area contributed by atoms with Crippen LogP contribution in [-0.2, 0) is 25.5 Å². The standard InChI is InChI=1S/C14H14O5/c1-18-12-9-13(16)19-14(12,17)11(15)8-7-10-5-3-2-4-6-10/h2-6,9,17H,7-8H2,1H3. The van der Waals surface area contributed by atoms with E-state index in [1.807, 2.05) is 30.3 Å². The highest BCUT2D eigenvalue weighted by molar-refractivity contribution is 5.97. The molecule has 5 nitrogen and oxygen atoms in total. The average molecular weight is 262 g/mol. The summed E-state index contributed by atoms with van der Waals surface area (Å²) in [6, 6.07) is 9.37. The number of benzene rings is 1. The van der Waals surface area contributed by atoms with Crippen LogP contribution in [0.4, 0.5) is 0 Å². The Bertz CT molecular complexity index is 520.